The lowest BCUT2D eigenvalue weighted by Gasteiger charge is -2.42. The summed E-state index contributed by atoms with van der Waals surface area (Å²) in [6.45, 7) is 12.2. The first-order valence-corrected chi connectivity index (χ1v) is 7.50. The first-order valence-electron chi connectivity index (χ1n) is 7.50. The number of unbranched alkanes of at least 4 members (excludes halogenated alkanes) is 1. The molecule has 0 saturated carbocycles. The highest BCUT2D eigenvalue weighted by atomic mass is 15.3. The molecule has 2 unspecified atom stereocenters. The second-order valence-corrected chi connectivity index (χ2v) is 5.70. The first kappa shape index (κ1) is 13.3. The largest absolute Gasteiger partial charge is 0.317 e. The second-order valence-electron chi connectivity index (χ2n) is 5.70. The van der Waals surface area contributed by atoms with Crippen molar-refractivity contribution in [2.45, 2.75) is 51.6 Å². The molecule has 0 radical (unpaired) electrons. The van der Waals surface area contributed by atoms with Gasteiger partial charge in [0, 0.05) is 25.2 Å². The molecule has 2 heterocycles. The minimum Gasteiger partial charge on any atom is -0.317 e. The third-order valence-corrected chi connectivity index (χ3v) is 4.37. The molecule has 2 saturated heterocycles. The SMILES string of the molecule is CCNCCCCN1CC2CCCN2CC1C. The van der Waals surface area contributed by atoms with E-state index >= 15 is 0 Å². The van der Waals surface area contributed by atoms with Gasteiger partial charge in [0.25, 0.3) is 0 Å². The lowest BCUT2D eigenvalue weighted by molar-refractivity contribution is 0.0585. The number of hydrogen-bond donors (Lipinski definition) is 1. The summed E-state index contributed by atoms with van der Waals surface area (Å²) < 4.78 is 0. The lowest BCUT2D eigenvalue weighted by Crippen LogP contribution is -2.55. The van der Waals surface area contributed by atoms with Gasteiger partial charge in [0.05, 0.1) is 0 Å². The maximum absolute atomic E-state index is 3.41. The molecular formula is C14H29N3. The van der Waals surface area contributed by atoms with Gasteiger partial charge in [-0.3, -0.25) is 9.80 Å². The van der Waals surface area contributed by atoms with E-state index in [9.17, 15) is 0 Å². The summed E-state index contributed by atoms with van der Waals surface area (Å²) in [5.41, 5.74) is 0. The van der Waals surface area contributed by atoms with Crippen LogP contribution in [-0.2, 0) is 0 Å². The predicted molar refractivity (Wildman–Crippen MR) is 73.4 cm³/mol. The second kappa shape index (κ2) is 6.72. The van der Waals surface area contributed by atoms with Crippen LogP contribution in [0.2, 0.25) is 0 Å². The molecule has 100 valence electrons. The van der Waals surface area contributed by atoms with E-state index in [0.29, 0.717) is 0 Å². The summed E-state index contributed by atoms with van der Waals surface area (Å²) in [4.78, 5) is 5.43. The van der Waals surface area contributed by atoms with Gasteiger partial charge >= 0.3 is 0 Å². The first-order chi connectivity index (χ1) is 8.31. The molecule has 3 nitrogen and oxygen atoms in total. The number of hydrogen-bond acceptors (Lipinski definition) is 3. The van der Waals surface area contributed by atoms with E-state index in [2.05, 4.69) is 29.0 Å². The molecule has 0 spiro atoms. The van der Waals surface area contributed by atoms with Crippen molar-refractivity contribution in [3.63, 3.8) is 0 Å². The van der Waals surface area contributed by atoms with Crippen LogP contribution in [0.25, 0.3) is 0 Å². The molecule has 2 atom stereocenters. The van der Waals surface area contributed by atoms with Crippen LogP contribution in [0.15, 0.2) is 0 Å². The van der Waals surface area contributed by atoms with Crippen molar-refractivity contribution < 1.29 is 0 Å². The molecule has 2 aliphatic rings. The quantitative estimate of drug-likeness (QED) is 0.710. The number of fused-ring (bicyclic) bond motifs is 1. The number of piperazine rings is 1. The van der Waals surface area contributed by atoms with Crippen LogP contribution in [0.5, 0.6) is 0 Å². The van der Waals surface area contributed by atoms with Crippen molar-refractivity contribution in [2.75, 3.05) is 39.3 Å². The Morgan fingerprint density at radius 3 is 2.94 bits per heavy atom. The molecule has 2 aliphatic heterocycles. The van der Waals surface area contributed by atoms with Gasteiger partial charge in [-0.2, -0.15) is 0 Å². The van der Waals surface area contributed by atoms with E-state index < -0.39 is 0 Å². The Bertz CT molecular complexity index is 220. The Morgan fingerprint density at radius 2 is 2.12 bits per heavy atom. The van der Waals surface area contributed by atoms with Crippen LogP contribution in [0.4, 0.5) is 0 Å². The van der Waals surface area contributed by atoms with Gasteiger partial charge in [-0.05, 0) is 58.8 Å². The minimum absolute atomic E-state index is 0.767. The Hall–Kier alpha value is -0.120. The monoisotopic (exact) mass is 239 g/mol. The van der Waals surface area contributed by atoms with Crippen molar-refractivity contribution >= 4 is 0 Å². The van der Waals surface area contributed by atoms with Gasteiger partial charge in [0.15, 0.2) is 0 Å². The van der Waals surface area contributed by atoms with Crippen LogP contribution in [-0.4, -0.2) is 61.2 Å². The lowest BCUT2D eigenvalue weighted by atomic mass is 10.1. The van der Waals surface area contributed by atoms with E-state index in [1.165, 1.54) is 58.4 Å². The normalized spacial score (nSPS) is 30.7. The minimum atomic E-state index is 0.767. The van der Waals surface area contributed by atoms with Gasteiger partial charge in [0.2, 0.25) is 0 Å². The fraction of sp³-hybridized carbons (Fsp3) is 1.00. The van der Waals surface area contributed by atoms with E-state index in [4.69, 9.17) is 0 Å². The molecule has 0 aromatic rings. The van der Waals surface area contributed by atoms with Crippen LogP contribution < -0.4 is 5.32 Å². The van der Waals surface area contributed by atoms with Gasteiger partial charge < -0.3 is 5.32 Å². The molecule has 3 heteroatoms. The maximum atomic E-state index is 3.41. The zero-order valence-corrected chi connectivity index (χ0v) is 11.6. The zero-order valence-electron chi connectivity index (χ0n) is 11.6. The van der Waals surface area contributed by atoms with Gasteiger partial charge in [-0.1, -0.05) is 6.92 Å². The summed E-state index contributed by atoms with van der Waals surface area (Å²) >= 11 is 0. The third kappa shape index (κ3) is 3.67. The molecular weight excluding hydrogens is 210 g/mol. The molecule has 0 aliphatic carbocycles. The molecule has 2 fully saturated rings. The van der Waals surface area contributed by atoms with Gasteiger partial charge in [-0.15, -0.1) is 0 Å². The van der Waals surface area contributed by atoms with Crippen LogP contribution in [0.3, 0.4) is 0 Å². The van der Waals surface area contributed by atoms with E-state index in [1.807, 2.05) is 0 Å². The highest BCUT2D eigenvalue weighted by molar-refractivity contribution is 4.90. The Kier molecular flexibility index (Phi) is 5.26. The molecule has 17 heavy (non-hydrogen) atoms. The molecule has 1 N–H and O–H groups in total. The van der Waals surface area contributed by atoms with Crippen molar-refractivity contribution in [1.29, 1.82) is 0 Å². The Morgan fingerprint density at radius 1 is 1.24 bits per heavy atom. The van der Waals surface area contributed by atoms with Gasteiger partial charge in [0.1, 0.15) is 0 Å². The fourth-order valence-corrected chi connectivity index (χ4v) is 3.30. The van der Waals surface area contributed by atoms with E-state index in [0.717, 1.165) is 18.6 Å². The molecule has 0 amide bonds. The van der Waals surface area contributed by atoms with Crippen molar-refractivity contribution in [1.82, 2.24) is 15.1 Å². The summed E-state index contributed by atoms with van der Waals surface area (Å²) in [5.74, 6) is 0. The van der Waals surface area contributed by atoms with E-state index in [1.54, 1.807) is 0 Å². The number of nitrogens with one attached hydrogen (secondary N) is 1. The third-order valence-electron chi connectivity index (χ3n) is 4.37. The molecule has 0 aromatic heterocycles. The molecule has 0 aromatic carbocycles. The standard InChI is InChI=1S/C14H29N3/c1-3-15-8-4-5-9-16-12-14-7-6-10-17(14)11-13(16)2/h13-15H,3-12H2,1-2H3. The Balaban J connectivity index is 1.66. The smallest absolute Gasteiger partial charge is 0.0224 e. The number of rotatable bonds is 6. The number of nitrogens with zero attached hydrogens (tertiary/aromatic N) is 2. The zero-order chi connectivity index (χ0) is 12.1. The summed E-state index contributed by atoms with van der Waals surface area (Å²) in [5, 5.41) is 3.41. The van der Waals surface area contributed by atoms with E-state index in [-0.39, 0.29) is 0 Å². The average molecular weight is 239 g/mol. The maximum Gasteiger partial charge on any atom is 0.0224 e. The fourth-order valence-electron chi connectivity index (χ4n) is 3.30. The van der Waals surface area contributed by atoms with Crippen molar-refractivity contribution in [3.8, 4) is 0 Å². The van der Waals surface area contributed by atoms with Crippen LogP contribution in [0, 0.1) is 0 Å². The van der Waals surface area contributed by atoms with Crippen LogP contribution in [0.1, 0.15) is 39.5 Å². The topological polar surface area (TPSA) is 18.5 Å². The molecule has 0 bridgehead atoms. The highest BCUT2D eigenvalue weighted by Crippen LogP contribution is 2.24. The average Bonchev–Trinajstić information content (AvgIpc) is 2.76. The van der Waals surface area contributed by atoms with Crippen LogP contribution >= 0.6 is 0 Å². The predicted octanol–water partition coefficient (Wildman–Crippen LogP) is 1.54. The summed E-state index contributed by atoms with van der Waals surface area (Å²) in [6, 6.07) is 1.64. The molecule has 2 rings (SSSR count). The van der Waals surface area contributed by atoms with Crippen molar-refractivity contribution in [2.24, 2.45) is 0 Å². The Labute approximate surface area is 107 Å². The summed E-state index contributed by atoms with van der Waals surface area (Å²) in [7, 11) is 0. The van der Waals surface area contributed by atoms with Crippen molar-refractivity contribution in [3.05, 3.63) is 0 Å². The highest BCUT2D eigenvalue weighted by Gasteiger charge is 2.33. The summed E-state index contributed by atoms with van der Waals surface area (Å²) in [6.07, 6.45) is 5.53. The van der Waals surface area contributed by atoms with Gasteiger partial charge in [-0.25, -0.2) is 0 Å².